The lowest BCUT2D eigenvalue weighted by molar-refractivity contribution is -0.0935. The van der Waals surface area contributed by atoms with Gasteiger partial charge in [0, 0.05) is 25.8 Å². The molecule has 2 aliphatic rings. The van der Waals surface area contributed by atoms with Crippen LogP contribution in [-0.2, 0) is 4.84 Å². The summed E-state index contributed by atoms with van der Waals surface area (Å²) >= 11 is 0. The van der Waals surface area contributed by atoms with Gasteiger partial charge in [-0.05, 0) is 12.1 Å². The van der Waals surface area contributed by atoms with E-state index in [1.807, 2.05) is 4.90 Å². The zero-order valence-electron chi connectivity index (χ0n) is 10.5. The summed E-state index contributed by atoms with van der Waals surface area (Å²) in [7, 11) is 0. The Kier molecular flexibility index (Phi) is 3.39. The van der Waals surface area contributed by atoms with E-state index < -0.39 is 0 Å². The Balaban J connectivity index is 1.78. The molecule has 3 rings (SSSR count). The summed E-state index contributed by atoms with van der Waals surface area (Å²) in [6.07, 6.45) is 3.37. The molecule has 0 radical (unpaired) electrons. The third-order valence-corrected chi connectivity index (χ3v) is 3.01. The van der Waals surface area contributed by atoms with Crippen LogP contribution >= 0.6 is 0 Å². The van der Waals surface area contributed by atoms with E-state index in [0.29, 0.717) is 24.6 Å². The van der Waals surface area contributed by atoms with Crippen molar-refractivity contribution in [3.63, 3.8) is 0 Å². The van der Waals surface area contributed by atoms with Gasteiger partial charge >= 0.3 is 5.97 Å². The van der Waals surface area contributed by atoms with Crippen LogP contribution in [-0.4, -0.2) is 55.2 Å². The fourth-order valence-electron chi connectivity index (χ4n) is 2.06. The molecule has 0 aromatic carbocycles. The molecule has 1 N–H and O–H groups in total. The molecular weight excluding hydrogens is 246 g/mol. The van der Waals surface area contributed by atoms with Crippen molar-refractivity contribution in [3.8, 4) is 0 Å². The Morgan fingerprint density at radius 1 is 1.42 bits per heavy atom. The maximum atomic E-state index is 12.2. The number of pyridine rings is 1. The van der Waals surface area contributed by atoms with Crippen LogP contribution < -0.4 is 10.2 Å². The first-order valence-electron chi connectivity index (χ1n) is 6.24. The van der Waals surface area contributed by atoms with E-state index in [0.717, 1.165) is 19.6 Å². The molecule has 1 fully saturated rings. The van der Waals surface area contributed by atoms with Crippen LogP contribution in [0.3, 0.4) is 0 Å². The van der Waals surface area contributed by atoms with Crippen molar-refractivity contribution in [2.75, 3.05) is 37.7 Å². The number of anilines is 1. The summed E-state index contributed by atoms with van der Waals surface area (Å²) in [6, 6.07) is 3.45. The lowest BCUT2D eigenvalue weighted by Gasteiger charge is -2.18. The highest BCUT2D eigenvalue weighted by molar-refractivity contribution is 5.97. The number of aromatic nitrogens is 1. The van der Waals surface area contributed by atoms with Crippen molar-refractivity contribution in [1.29, 1.82) is 0 Å². The second-order valence-electron chi connectivity index (χ2n) is 4.33. The highest BCUT2D eigenvalue weighted by atomic mass is 16.7. The van der Waals surface area contributed by atoms with Gasteiger partial charge in [-0.25, -0.2) is 9.78 Å². The van der Waals surface area contributed by atoms with Crippen LogP contribution in [0.1, 0.15) is 10.4 Å². The van der Waals surface area contributed by atoms with E-state index in [2.05, 4.69) is 15.3 Å². The summed E-state index contributed by atoms with van der Waals surface area (Å²) in [5.74, 6) is 0.216. The Morgan fingerprint density at radius 2 is 2.37 bits per heavy atom. The fraction of sp³-hybridized carbons (Fsp3) is 0.417. The topological polar surface area (TPSA) is 70.1 Å². The first-order chi connectivity index (χ1) is 9.34. The van der Waals surface area contributed by atoms with Gasteiger partial charge in [0.1, 0.15) is 11.4 Å². The summed E-state index contributed by atoms with van der Waals surface area (Å²) in [5.41, 5.74) is 0.461. The van der Waals surface area contributed by atoms with Gasteiger partial charge in [0.2, 0.25) is 0 Å². The van der Waals surface area contributed by atoms with Crippen molar-refractivity contribution < 1.29 is 9.63 Å². The number of nitrogens with one attached hydrogen (secondary N) is 1. The van der Waals surface area contributed by atoms with Crippen LogP contribution in [0.2, 0.25) is 0 Å². The van der Waals surface area contributed by atoms with Crippen LogP contribution in [0.4, 0.5) is 5.82 Å². The van der Waals surface area contributed by atoms with Crippen LogP contribution in [0.15, 0.2) is 23.3 Å². The molecule has 1 aromatic heterocycles. The summed E-state index contributed by atoms with van der Waals surface area (Å²) in [4.78, 5) is 27.7. The quantitative estimate of drug-likeness (QED) is 0.817. The molecule has 0 bridgehead atoms. The average molecular weight is 261 g/mol. The highest BCUT2D eigenvalue weighted by Crippen LogP contribution is 2.19. The normalized spacial score (nSPS) is 19.1. The van der Waals surface area contributed by atoms with E-state index in [4.69, 9.17) is 4.84 Å². The largest absolute Gasteiger partial charge is 0.362 e. The van der Waals surface area contributed by atoms with Gasteiger partial charge in [-0.1, -0.05) is 0 Å². The van der Waals surface area contributed by atoms with Gasteiger partial charge in [0.15, 0.2) is 0 Å². The fourth-order valence-corrected chi connectivity index (χ4v) is 2.06. The SMILES string of the molecule is O=C(ON1CCNC1)c1cccnc1N1C=NCC1. The van der Waals surface area contributed by atoms with Crippen LogP contribution in [0, 0.1) is 0 Å². The molecular formula is C12H15N5O2. The lowest BCUT2D eigenvalue weighted by Crippen LogP contribution is -2.28. The number of hydrogen-bond donors (Lipinski definition) is 1. The van der Waals surface area contributed by atoms with Crippen molar-refractivity contribution >= 4 is 18.1 Å². The minimum absolute atomic E-state index is 0.382. The smallest absolute Gasteiger partial charge is 0.360 e. The molecule has 19 heavy (non-hydrogen) atoms. The average Bonchev–Trinajstić information content (AvgIpc) is 3.11. The predicted molar refractivity (Wildman–Crippen MR) is 69.9 cm³/mol. The third kappa shape index (κ3) is 2.56. The molecule has 100 valence electrons. The minimum atomic E-state index is -0.382. The van der Waals surface area contributed by atoms with Crippen molar-refractivity contribution in [2.24, 2.45) is 4.99 Å². The molecule has 0 atom stereocenters. The number of rotatable bonds is 3. The maximum Gasteiger partial charge on any atom is 0.360 e. The molecule has 0 unspecified atom stereocenters. The number of hydrogen-bond acceptors (Lipinski definition) is 7. The molecule has 7 nitrogen and oxygen atoms in total. The first kappa shape index (κ1) is 12.1. The number of carbonyl (C=O) groups is 1. The number of aliphatic imine (C=N–C) groups is 1. The van der Waals surface area contributed by atoms with Gasteiger partial charge in [-0.15, -0.1) is 5.06 Å². The van der Waals surface area contributed by atoms with E-state index >= 15 is 0 Å². The third-order valence-electron chi connectivity index (χ3n) is 3.01. The summed E-state index contributed by atoms with van der Waals surface area (Å²) < 4.78 is 0. The monoisotopic (exact) mass is 261 g/mol. The Bertz CT molecular complexity index is 499. The minimum Gasteiger partial charge on any atom is -0.362 e. The second kappa shape index (κ2) is 5.33. The van der Waals surface area contributed by atoms with E-state index in [9.17, 15) is 4.79 Å². The van der Waals surface area contributed by atoms with E-state index in [1.165, 1.54) is 0 Å². The second-order valence-corrected chi connectivity index (χ2v) is 4.33. The molecule has 0 spiro atoms. The zero-order chi connectivity index (χ0) is 13.1. The molecule has 1 saturated heterocycles. The van der Waals surface area contributed by atoms with Gasteiger partial charge in [-0.2, -0.15) is 0 Å². The van der Waals surface area contributed by atoms with Crippen molar-refractivity contribution in [1.82, 2.24) is 15.4 Å². The maximum absolute atomic E-state index is 12.2. The van der Waals surface area contributed by atoms with Crippen LogP contribution in [0.5, 0.6) is 0 Å². The summed E-state index contributed by atoms with van der Waals surface area (Å²) in [6.45, 7) is 3.55. The Labute approximate surface area is 110 Å². The Morgan fingerprint density at radius 3 is 3.11 bits per heavy atom. The van der Waals surface area contributed by atoms with Crippen molar-refractivity contribution in [3.05, 3.63) is 23.9 Å². The van der Waals surface area contributed by atoms with Gasteiger partial charge in [-0.3, -0.25) is 4.99 Å². The number of hydroxylamine groups is 2. The first-order valence-corrected chi connectivity index (χ1v) is 6.24. The van der Waals surface area contributed by atoms with E-state index in [-0.39, 0.29) is 5.97 Å². The molecule has 0 aliphatic carbocycles. The summed E-state index contributed by atoms with van der Waals surface area (Å²) in [5, 5.41) is 4.71. The molecule has 1 aromatic rings. The lowest BCUT2D eigenvalue weighted by atomic mass is 10.2. The number of nitrogens with zero attached hydrogens (tertiary/aromatic N) is 4. The standard InChI is InChI=1S/C12H15N5O2/c18-12(19-17-7-5-14-9-17)10-2-1-3-15-11(10)16-6-4-13-8-16/h1-3,8,14H,4-7,9H2. The van der Waals surface area contributed by atoms with Gasteiger partial charge < -0.3 is 15.1 Å². The molecule has 3 heterocycles. The molecule has 0 saturated carbocycles. The zero-order valence-corrected chi connectivity index (χ0v) is 10.5. The van der Waals surface area contributed by atoms with Crippen LogP contribution in [0.25, 0.3) is 0 Å². The molecule has 2 aliphatic heterocycles. The van der Waals surface area contributed by atoms with Crippen molar-refractivity contribution in [2.45, 2.75) is 0 Å². The van der Waals surface area contributed by atoms with E-state index in [1.54, 1.807) is 29.7 Å². The Hall–Kier alpha value is -1.99. The number of carbonyl (C=O) groups excluding carboxylic acids is 1. The molecule has 0 amide bonds. The molecule has 7 heteroatoms. The van der Waals surface area contributed by atoms with Gasteiger partial charge in [0.05, 0.1) is 19.6 Å². The highest BCUT2D eigenvalue weighted by Gasteiger charge is 2.23. The van der Waals surface area contributed by atoms with Gasteiger partial charge in [0.25, 0.3) is 0 Å². The predicted octanol–water partition coefficient (Wildman–Crippen LogP) is -0.136.